The summed E-state index contributed by atoms with van der Waals surface area (Å²) in [4.78, 5) is 32.0. The number of nitriles is 1. The van der Waals surface area contributed by atoms with Crippen LogP contribution in [-0.4, -0.2) is 47.9 Å². The van der Waals surface area contributed by atoms with Crippen LogP contribution in [0.3, 0.4) is 0 Å². The zero-order valence-corrected chi connectivity index (χ0v) is 14.5. The van der Waals surface area contributed by atoms with Crippen LogP contribution in [0.4, 0.5) is 11.4 Å². The van der Waals surface area contributed by atoms with Crippen molar-refractivity contribution in [3.05, 3.63) is 53.9 Å². The van der Waals surface area contributed by atoms with Crippen LogP contribution in [0.2, 0.25) is 0 Å². The van der Waals surface area contributed by atoms with E-state index in [1.807, 2.05) is 17.0 Å². The molecular weight excluding hydrogens is 330 g/mol. The van der Waals surface area contributed by atoms with Crippen LogP contribution in [0, 0.1) is 11.3 Å². The largest absolute Gasteiger partial charge is 0.368 e. The Bertz CT molecular complexity index is 866. The van der Waals surface area contributed by atoms with E-state index in [0.717, 1.165) is 18.8 Å². The van der Waals surface area contributed by atoms with Crippen molar-refractivity contribution >= 4 is 23.2 Å². The van der Waals surface area contributed by atoms with Gasteiger partial charge in [0, 0.05) is 50.7 Å². The van der Waals surface area contributed by atoms with Gasteiger partial charge in [-0.3, -0.25) is 14.6 Å². The van der Waals surface area contributed by atoms with Crippen molar-refractivity contribution in [2.24, 2.45) is 0 Å². The summed E-state index contributed by atoms with van der Waals surface area (Å²) in [6.45, 7) is 4.34. The molecule has 1 aromatic carbocycles. The Morgan fingerprint density at radius 3 is 2.62 bits per heavy atom. The van der Waals surface area contributed by atoms with E-state index in [2.05, 4.69) is 15.2 Å². The third-order valence-corrected chi connectivity index (χ3v) is 4.32. The lowest BCUT2D eigenvalue weighted by atomic mass is 10.2. The molecule has 2 amide bonds. The molecule has 1 aliphatic heterocycles. The van der Waals surface area contributed by atoms with Crippen LogP contribution in [0.1, 0.15) is 23.0 Å². The van der Waals surface area contributed by atoms with E-state index < -0.39 is 0 Å². The van der Waals surface area contributed by atoms with Crippen molar-refractivity contribution in [3.63, 3.8) is 0 Å². The van der Waals surface area contributed by atoms with Gasteiger partial charge >= 0.3 is 0 Å². The second-order valence-electron chi connectivity index (χ2n) is 6.04. The number of piperazine rings is 1. The molecule has 1 N–H and O–H groups in total. The summed E-state index contributed by atoms with van der Waals surface area (Å²) in [5.74, 6) is -0.247. The van der Waals surface area contributed by atoms with Crippen LogP contribution < -0.4 is 10.2 Å². The molecule has 7 nitrogen and oxygen atoms in total. The van der Waals surface area contributed by atoms with Crippen LogP contribution in [0.5, 0.6) is 0 Å². The van der Waals surface area contributed by atoms with Crippen molar-refractivity contribution in [3.8, 4) is 6.07 Å². The molecule has 0 saturated carbocycles. The molecule has 2 aromatic rings. The van der Waals surface area contributed by atoms with Gasteiger partial charge in [-0.1, -0.05) is 6.07 Å². The fraction of sp³-hybridized carbons (Fsp3) is 0.263. The van der Waals surface area contributed by atoms with E-state index in [9.17, 15) is 9.59 Å². The zero-order valence-electron chi connectivity index (χ0n) is 14.5. The molecule has 1 saturated heterocycles. The molecule has 3 rings (SSSR count). The van der Waals surface area contributed by atoms with Crippen molar-refractivity contribution in [1.29, 1.82) is 5.26 Å². The minimum absolute atomic E-state index is 0.0824. The SMILES string of the molecule is CC(=O)N1CCN(c2ccnc(C(=O)Nc3cccc(C#N)c3)c2)CC1. The number of aromatic nitrogens is 1. The first-order valence-electron chi connectivity index (χ1n) is 8.35. The molecule has 0 aliphatic carbocycles. The smallest absolute Gasteiger partial charge is 0.274 e. The molecule has 1 aromatic heterocycles. The molecule has 0 unspecified atom stereocenters. The summed E-state index contributed by atoms with van der Waals surface area (Å²) in [6, 6.07) is 12.4. The lowest BCUT2D eigenvalue weighted by Crippen LogP contribution is -2.48. The number of rotatable bonds is 3. The van der Waals surface area contributed by atoms with E-state index in [4.69, 9.17) is 5.26 Å². The van der Waals surface area contributed by atoms with E-state index in [1.54, 1.807) is 43.5 Å². The molecule has 26 heavy (non-hydrogen) atoms. The van der Waals surface area contributed by atoms with E-state index >= 15 is 0 Å². The normalized spacial score (nSPS) is 13.8. The third kappa shape index (κ3) is 3.98. The molecule has 0 radical (unpaired) electrons. The highest BCUT2D eigenvalue weighted by atomic mass is 16.2. The summed E-state index contributed by atoms with van der Waals surface area (Å²) in [5.41, 5.74) is 2.24. The number of nitrogens with one attached hydrogen (secondary N) is 1. The highest BCUT2D eigenvalue weighted by Crippen LogP contribution is 2.18. The number of amides is 2. The lowest BCUT2D eigenvalue weighted by Gasteiger charge is -2.35. The molecule has 0 bridgehead atoms. The lowest BCUT2D eigenvalue weighted by molar-refractivity contribution is -0.129. The number of pyridine rings is 1. The Balaban J connectivity index is 1.70. The number of nitrogens with zero attached hydrogens (tertiary/aromatic N) is 4. The van der Waals surface area contributed by atoms with E-state index in [-0.39, 0.29) is 11.8 Å². The maximum Gasteiger partial charge on any atom is 0.274 e. The minimum atomic E-state index is -0.329. The third-order valence-electron chi connectivity index (χ3n) is 4.32. The second-order valence-corrected chi connectivity index (χ2v) is 6.04. The Morgan fingerprint density at radius 1 is 1.15 bits per heavy atom. The van der Waals surface area contributed by atoms with Gasteiger partial charge in [-0.05, 0) is 30.3 Å². The topological polar surface area (TPSA) is 89.3 Å². The number of anilines is 2. The first-order valence-corrected chi connectivity index (χ1v) is 8.35. The van der Waals surface area contributed by atoms with Crippen molar-refractivity contribution in [2.45, 2.75) is 6.92 Å². The summed E-state index contributed by atoms with van der Waals surface area (Å²) < 4.78 is 0. The van der Waals surface area contributed by atoms with Gasteiger partial charge in [-0.15, -0.1) is 0 Å². The summed E-state index contributed by atoms with van der Waals surface area (Å²) in [7, 11) is 0. The van der Waals surface area contributed by atoms with Gasteiger partial charge in [-0.2, -0.15) is 5.26 Å². The van der Waals surface area contributed by atoms with Gasteiger partial charge in [-0.25, -0.2) is 0 Å². The summed E-state index contributed by atoms with van der Waals surface area (Å²) >= 11 is 0. The Kier molecular flexibility index (Phi) is 5.13. The number of benzene rings is 1. The molecule has 132 valence electrons. The monoisotopic (exact) mass is 349 g/mol. The van der Waals surface area contributed by atoms with Crippen LogP contribution in [-0.2, 0) is 4.79 Å². The van der Waals surface area contributed by atoms with Gasteiger partial charge in [0.05, 0.1) is 11.6 Å². The predicted octanol–water partition coefficient (Wildman–Crippen LogP) is 1.87. The Hall–Kier alpha value is -3.40. The molecule has 1 fully saturated rings. The standard InChI is InChI=1S/C19H19N5O2/c1-14(25)23-7-9-24(10-8-23)17-5-6-21-18(12-17)19(26)22-16-4-2-3-15(11-16)13-20/h2-6,11-12H,7-10H2,1H3,(H,22,26). The van der Waals surface area contributed by atoms with Gasteiger partial charge in [0.15, 0.2) is 0 Å². The number of carbonyl (C=O) groups excluding carboxylic acids is 2. The molecule has 0 spiro atoms. The first-order chi connectivity index (χ1) is 12.6. The zero-order chi connectivity index (χ0) is 18.5. The average Bonchev–Trinajstić information content (AvgIpc) is 2.68. The van der Waals surface area contributed by atoms with Gasteiger partial charge in [0.2, 0.25) is 5.91 Å². The van der Waals surface area contributed by atoms with Crippen molar-refractivity contribution in [2.75, 3.05) is 36.4 Å². The average molecular weight is 349 g/mol. The fourth-order valence-corrected chi connectivity index (χ4v) is 2.88. The molecule has 0 atom stereocenters. The maximum atomic E-state index is 12.5. The quantitative estimate of drug-likeness (QED) is 0.914. The van der Waals surface area contributed by atoms with E-state index in [1.165, 1.54) is 0 Å². The van der Waals surface area contributed by atoms with Crippen LogP contribution >= 0.6 is 0 Å². The first kappa shape index (κ1) is 17.4. The number of hydrogen-bond acceptors (Lipinski definition) is 5. The van der Waals surface area contributed by atoms with Crippen molar-refractivity contribution in [1.82, 2.24) is 9.88 Å². The Labute approximate surface area is 151 Å². The summed E-state index contributed by atoms with van der Waals surface area (Å²) in [5, 5.41) is 11.7. The van der Waals surface area contributed by atoms with Crippen molar-refractivity contribution < 1.29 is 9.59 Å². The molecule has 2 heterocycles. The molecular formula is C19H19N5O2. The van der Waals surface area contributed by atoms with Crippen LogP contribution in [0.15, 0.2) is 42.6 Å². The highest BCUT2D eigenvalue weighted by molar-refractivity contribution is 6.03. The summed E-state index contributed by atoms with van der Waals surface area (Å²) in [6.07, 6.45) is 1.60. The fourth-order valence-electron chi connectivity index (χ4n) is 2.88. The number of hydrogen-bond donors (Lipinski definition) is 1. The van der Waals surface area contributed by atoms with Gasteiger partial charge < -0.3 is 15.1 Å². The van der Waals surface area contributed by atoms with Gasteiger partial charge in [0.25, 0.3) is 5.91 Å². The minimum Gasteiger partial charge on any atom is -0.368 e. The van der Waals surface area contributed by atoms with Crippen LogP contribution in [0.25, 0.3) is 0 Å². The predicted molar refractivity (Wildman–Crippen MR) is 97.8 cm³/mol. The van der Waals surface area contributed by atoms with E-state index in [0.29, 0.717) is 30.0 Å². The second kappa shape index (κ2) is 7.66. The molecule has 1 aliphatic rings. The number of carbonyl (C=O) groups is 2. The molecule has 7 heteroatoms. The van der Waals surface area contributed by atoms with Gasteiger partial charge in [0.1, 0.15) is 5.69 Å². The Morgan fingerprint density at radius 2 is 1.92 bits per heavy atom. The maximum absolute atomic E-state index is 12.5. The highest BCUT2D eigenvalue weighted by Gasteiger charge is 2.19.